The third-order valence-corrected chi connectivity index (χ3v) is 3.31. The number of nitrogens with one attached hydrogen (secondary N) is 1. The van der Waals surface area contributed by atoms with Gasteiger partial charge >= 0.3 is 5.97 Å². The van der Waals surface area contributed by atoms with Crippen LogP contribution >= 0.6 is 11.3 Å². The molecule has 0 spiro atoms. The Labute approximate surface area is 161 Å². The van der Waals surface area contributed by atoms with E-state index in [1.165, 1.54) is 6.20 Å². The average molecular weight is 384 g/mol. The molecule has 0 bridgehead atoms. The highest BCUT2D eigenvalue weighted by molar-refractivity contribution is 7.17. The molecule has 148 valence electrons. The van der Waals surface area contributed by atoms with Crippen LogP contribution in [0.1, 0.15) is 48.5 Å². The van der Waals surface area contributed by atoms with Crippen LogP contribution in [0.4, 0.5) is 5.69 Å². The van der Waals surface area contributed by atoms with Crippen LogP contribution in [0.25, 0.3) is 10.1 Å². The number of aliphatic carboxylic acids is 1. The maximum absolute atomic E-state index is 10.9. The highest BCUT2D eigenvalue weighted by atomic mass is 32.1. The second-order valence-electron chi connectivity index (χ2n) is 3.54. The van der Waals surface area contributed by atoms with Crippen LogP contribution in [0.15, 0.2) is 41.6 Å². The van der Waals surface area contributed by atoms with Crippen molar-refractivity contribution in [1.82, 2.24) is 0 Å². The summed E-state index contributed by atoms with van der Waals surface area (Å²) in [6.45, 7) is 16.1. The molecular formula is C20H33NO4S. The number of carbonyl (C=O) groups is 2. The minimum absolute atomic E-state index is 0.0900. The van der Waals surface area contributed by atoms with E-state index in [1.54, 1.807) is 18.3 Å². The number of carbonyl (C=O) groups excluding carboxylic acids is 1. The quantitative estimate of drug-likeness (QED) is 0.477. The number of benzene rings is 1. The molecule has 0 aliphatic carbocycles. The van der Waals surface area contributed by atoms with Gasteiger partial charge in [0.05, 0.1) is 18.5 Å². The van der Waals surface area contributed by atoms with E-state index < -0.39 is 5.97 Å². The summed E-state index contributed by atoms with van der Waals surface area (Å²) in [5.74, 6) is -1.17. The summed E-state index contributed by atoms with van der Waals surface area (Å²) in [6.07, 6.45) is 1.38. The molecule has 1 aromatic carbocycles. The maximum Gasteiger partial charge on any atom is 0.372 e. The Morgan fingerprint density at radius 2 is 1.69 bits per heavy atom. The first-order valence-corrected chi connectivity index (χ1v) is 9.68. The Bertz CT molecular complexity index is 609. The Balaban J connectivity index is -0.000000585. The van der Waals surface area contributed by atoms with Crippen molar-refractivity contribution in [2.24, 2.45) is 0 Å². The molecule has 0 unspecified atom stereocenters. The summed E-state index contributed by atoms with van der Waals surface area (Å²) in [7, 11) is 0. The van der Waals surface area contributed by atoms with Crippen molar-refractivity contribution < 1.29 is 19.4 Å². The van der Waals surface area contributed by atoms with Crippen molar-refractivity contribution >= 4 is 39.9 Å². The molecule has 0 atom stereocenters. The summed E-state index contributed by atoms with van der Waals surface area (Å²) >= 11 is 1.61. The molecule has 0 aliphatic rings. The lowest BCUT2D eigenvalue weighted by Gasteiger charge is -2.04. The zero-order valence-corrected chi connectivity index (χ0v) is 17.8. The third-order valence-electron chi connectivity index (χ3n) is 2.35. The third kappa shape index (κ3) is 10.5. The highest BCUT2D eigenvalue weighted by Crippen LogP contribution is 2.29. The van der Waals surface area contributed by atoms with Crippen molar-refractivity contribution in [3.05, 3.63) is 41.6 Å². The van der Waals surface area contributed by atoms with E-state index in [2.05, 4.69) is 5.32 Å². The van der Waals surface area contributed by atoms with E-state index in [0.29, 0.717) is 6.61 Å². The lowest BCUT2D eigenvalue weighted by Crippen LogP contribution is -2.07. The number of anilines is 1. The Morgan fingerprint density at radius 3 is 2.19 bits per heavy atom. The van der Waals surface area contributed by atoms with Crippen molar-refractivity contribution in [2.75, 3.05) is 11.9 Å². The minimum atomic E-state index is -1.08. The topological polar surface area (TPSA) is 75.6 Å². The van der Waals surface area contributed by atoms with Gasteiger partial charge in [0, 0.05) is 15.5 Å². The van der Waals surface area contributed by atoms with Gasteiger partial charge in [0.15, 0.2) is 0 Å². The van der Waals surface area contributed by atoms with Crippen LogP contribution in [0, 0.1) is 0 Å². The van der Waals surface area contributed by atoms with Gasteiger partial charge in [-0.05, 0) is 13.0 Å². The normalized spacial score (nSPS) is 8.81. The number of carboxylic acids is 1. The van der Waals surface area contributed by atoms with Gasteiger partial charge in [-0.15, -0.1) is 11.3 Å². The van der Waals surface area contributed by atoms with Crippen LogP contribution in [0.5, 0.6) is 0 Å². The smallest absolute Gasteiger partial charge is 0.372 e. The molecule has 1 aromatic heterocycles. The number of thiophene rings is 1. The lowest BCUT2D eigenvalue weighted by atomic mass is 10.2. The van der Waals surface area contributed by atoms with E-state index in [4.69, 9.17) is 14.6 Å². The fourth-order valence-corrected chi connectivity index (χ4v) is 2.46. The largest absolute Gasteiger partial charge is 0.486 e. The van der Waals surface area contributed by atoms with Crippen molar-refractivity contribution in [3.8, 4) is 0 Å². The number of hydrogen-bond acceptors (Lipinski definition) is 5. The van der Waals surface area contributed by atoms with Gasteiger partial charge in [-0.2, -0.15) is 0 Å². The Morgan fingerprint density at radius 1 is 1.15 bits per heavy atom. The summed E-state index contributed by atoms with van der Waals surface area (Å²) < 4.78 is 6.17. The number of carboxylic acid groups (broad SMARTS) is 1. The minimum Gasteiger partial charge on any atom is -0.486 e. The SMILES string of the molecule is C=O.CC.CC.CC.CCOC(=CNc1csc2ccccc12)C(=O)O. The summed E-state index contributed by atoms with van der Waals surface area (Å²) in [6, 6.07) is 7.94. The average Bonchev–Trinajstić information content (AvgIpc) is 3.14. The number of fused-ring (bicyclic) bond motifs is 1. The zero-order valence-electron chi connectivity index (χ0n) is 17.0. The summed E-state index contributed by atoms with van der Waals surface area (Å²) in [5, 5.41) is 14.9. The van der Waals surface area contributed by atoms with Crippen molar-refractivity contribution in [3.63, 3.8) is 0 Å². The number of rotatable bonds is 5. The van der Waals surface area contributed by atoms with Gasteiger partial charge in [-0.1, -0.05) is 59.7 Å². The molecule has 0 aliphatic heterocycles. The number of hydrogen-bond donors (Lipinski definition) is 2. The molecule has 26 heavy (non-hydrogen) atoms. The van der Waals surface area contributed by atoms with Gasteiger partial charge in [0.2, 0.25) is 5.76 Å². The highest BCUT2D eigenvalue weighted by Gasteiger charge is 2.08. The molecular weight excluding hydrogens is 350 g/mol. The van der Waals surface area contributed by atoms with Crippen LogP contribution in [0.2, 0.25) is 0 Å². The predicted molar refractivity (Wildman–Crippen MR) is 114 cm³/mol. The molecule has 0 saturated heterocycles. The lowest BCUT2D eigenvalue weighted by molar-refractivity contribution is -0.136. The first-order chi connectivity index (χ1) is 12.7. The zero-order chi connectivity index (χ0) is 21.0. The van der Waals surface area contributed by atoms with Crippen LogP contribution < -0.4 is 5.32 Å². The van der Waals surface area contributed by atoms with E-state index in [1.807, 2.05) is 78.0 Å². The molecule has 2 rings (SSSR count). The first-order valence-electron chi connectivity index (χ1n) is 8.80. The second kappa shape index (κ2) is 20.7. The van der Waals surface area contributed by atoms with E-state index in [-0.39, 0.29) is 5.76 Å². The molecule has 0 fully saturated rings. The van der Waals surface area contributed by atoms with Crippen LogP contribution in [0.3, 0.4) is 0 Å². The number of ether oxygens (including phenoxy) is 1. The van der Waals surface area contributed by atoms with Crippen LogP contribution in [-0.2, 0) is 14.3 Å². The van der Waals surface area contributed by atoms with E-state index >= 15 is 0 Å². The molecule has 0 amide bonds. The maximum atomic E-state index is 10.9. The fourth-order valence-electron chi connectivity index (χ4n) is 1.55. The van der Waals surface area contributed by atoms with E-state index in [9.17, 15) is 4.79 Å². The van der Waals surface area contributed by atoms with E-state index in [0.717, 1.165) is 15.8 Å². The molecule has 5 nitrogen and oxygen atoms in total. The van der Waals surface area contributed by atoms with Crippen LogP contribution in [-0.4, -0.2) is 24.5 Å². The fraction of sp³-hybridized carbons (Fsp3) is 0.400. The monoisotopic (exact) mass is 383 g/mol. The van der Waals surface area contributed by atoms with Gasteiger partial charge in [0.25, 0.3) is 0 Å². The molecule has 2 aromatic rings. The van der Waals surface area contributed by atoms with Crippen molar-refractivity contribution in [1.29, 1.82) is 0 Å². The van der Waals surface area contributed by atoms with Crippen molar-refractivity contribution in [2.45, 2.75) is 48.5 Å². The Kier molecular flexibility index (Phi) is 22.7. The van der Waals surface area contributed by atoms with Gasteiger partial charge in [-0.3, -0.25) is 0 Å². The molecule has 2 N–H and O–H groups in total. The molecule has 0 saturated carbocycles. The van der Waals surface area contributed by atoms with Gasteiger partial charge in [0.1, 0.15) is 6.79 Å². The predicted octanol–water partition coefficient (Wildman–Crippen LogP) is 6.17. The second-order valence-corrected chi connectivity index (χ2v) is 4.45. The van der Waals surface area contributed by atoms with Gasteiger partial charge in [-0.25, -0.2) is 4.79 Å². The molecule has 1 heterocycles. The molecule has 6 heteroatoms. The Hall–Kier alpha value is -2.34. The first kappa shape index (κ1) is 28.5. The summed E-state index contributed by atoms with van der Waals surface area (Å²) in [4.78, 5) is 18.9. The standard InChI is InChI=1S/C13H13NO3S.3C2H6.CH2O/c1-2-17-11(13(15)16)7-14-10-8-18-12-6-4-3-5-9(10)12;4*1-2/h3-8,14H,2H2,1H3,(H,15,16);3*1-2H3;1H2. The van der Waals surface area contributed by atoms with Gasteiger partial charge < -0.3 is 20.0 Å². The summed E-state index contributed by atoms with van der Waals surface area (Å²) in [5.41, 5.74) is 0.883. The molecule has 0 radical (unpaired) electrons.